The van der Waals surface area contributed by atoms with Crippen molar-refractivity contribution in [2.45, 2.75) is 289 Å². The van der Waals surface area contributed by atoms with Crippen LogP contribution in [0.1, 0.15) is 142 Å². The predicted molar refractivity (Wildman–Crippen MR) is 334 cm³/mol. The van der Waals surface area contributed by atoms with Crippen LogP contribution in [0, 0.1) is 5.92 Å². The SMILES string of the molecule is C=CCC/C=C/C=C/C=C/CC/C=C/[C@H](O)[C@@H](O)[C@H]1O[C@@H]([C@@H](O)[C@@H](O)C(=C)CC[C@@H](O)[C@H]2C[C@@H](O)[C@H](O)[C@@H]([C@@H](O)[C@@H](O)/C=C(\C)CC[C@@H](O)C[C@@H](O)[C@@H](O)[C@H](C)[C@H](O)[C@H](O)C/C=C/C[C@@H](O)/C=C/C[C@H](O)CCC[C@H](O)CCC[C@H](O)CO)O2)C[C@@H](O)[C@@H]1O. The third kappa shape index (κ3) is 31.5. The van der Waals surface area contributed by atoms with Gasteiger partial charge in [0.1, 0.15) is 61.0 Å². The van der Waals surface area contributed by atoms with Crippen molar-refractivity contribution in [3.05, 3.63) is 109 Å². The summed E-state index contributed by atoms with van der Waals surface area (Å²) in [5.74, 6) is -1.04. The summed E-state index contributed by atoms with van der Waals surface area (Å²) in [6, 6.07) is 0. The Morgan fingerprint density at radius 3 is 1.65 bits per heavy atom. The first kappa shape index (κ1) is 81.8. The summed E-state index contributed by atoms with van der Waals surface area (Å²) in [6.45, 7) is 10.2. The summed E-state index contributed by atoms with van der Waals surface area (Å²) in [5, 5.41) is 223. The van der Waals surface area contributed by atoms with Gasteiger partial charge in [0.25, 0.3) is 0 Å². The molecular formula is C66H112O23. The molecule has 89 heavy (non-hydrogen) atoms. The highest BCUT2D eigenvalue weighted by Gasteiger charge is 2.47. The van der Waals surface area contributed by atoms with Gasteiger partial charge in [-0.2, -0.15) is 0 Å². The molecule has 23 nitrogen and oxygen atoms in total. The second-order valence-corrected chi connectivity index (χ2v) is 24.2. The Kier molecular flexibility index (Phi) is 41.5. The van der Waals surface area contributed by atoms with Crippen molar-refractivity contribution < 1.29 is 117 Å². The van der Waals surface area contributed by atoms with Gasteiger partial charge in [-0.25, -0.2) is 0 Å². The Morgan fingerprint density at radius 2 is 1.04 bits per heavy atom. The molecule has 2 heterocycles. The van der Waals surface area contributed by atoms with Crippen molar-refractivity contribution in [1.82, 2.24) is 0 Å². The fourth-order valence-corrected chi connectivity index (χ4v) is 10.6. The average Bonchev–Trinajstić information content (AvgIpc) is 1.55. The lowest BCUT2D eigenvalue weighted by Gasteiger charge is -2.42. The number of ether oxygens (including phenoxy) is 2. The van der Waals surface area contributed by atoms with Crippen LogP contribution in [0.5, 0.6) is 0 Å². The molecule has 23 heteroatoms. The third-order valence-electron chi connectivity index (χ3n) is 16.5. The first-order valence-corrected chi connectivity index (χ1v) is 31.6. The number of hydrogen-bond acceptors (Lipinski definition) is 23. The number of aliphatic hydroxyl groups is 21. The van der Waals surface area contributed by atoms with Crippen LogP contribution in [0.3, 0.4) is 0 Å². The molecule has 21 N–H and O–H groups in total. The molecule has 2 rings (SSSR count). The smallest absolute Gasteiger partial charge is 0.115 e. The second kappa shape index (κ2) is 45.1. The molecule has 2 aliphatic rings. The Morgan fingerprint density at radius 1 is 0.517 bits per heavy atom. The molecule has 25 atom stereocenters. The van der Waals surface area contributed by atoms with Gasteiger partial charge in [-0.1, -0.05) is 104 Å². The van der Waals surface area contributed by atoms with Crippen LogP contribution in [0.4, 0.5) is 0 Å². The molecule has 0 spiro atoms. The van der Waals surface area contributed by atoms with Gasteiger partial charge in [0.2, 0.25) is 0 Å². The van der Waals surface area contributed by atoms with Gasteiger partial charge in [-0.3, -0.25) is 0 Å². The molecule has 0 aliphatic carbocycles. The van der Waals surface area contributed by atoms with Crippen molar-refractivity contribution >= 4 is 0 Å². The van der Waals surface area contributed by atoms with Gasteiger partial charge in [0.05, 0.1) is 92.1 Å². The van der Waals surface area contributed by atoms with E-state index < -0.39 is 152 Å². The maximum absolute atomic E-state index is 11.2. The standard InChI is InChI=1S/C66H112O23/c1-5-6-7-8-9-10-11-12-13-14-15-16-29-50(75)60(83)65-63(86)54(79)38-56(89-65)64(87)57(80)41(3)32-34-48(73)55-37-53(78)62(85)66(88-55)61(84)51(76)35-40(2)31-33-46(71)36-52(77)59(82)42(4)58(81)49(74)30-18-17-22-43(68)23-19-24-44(69)25-20-26-45(70)27-21-28-47(72)39-67/h5,8-13,16-19,23,29,35,42-87H,1,3,6-7,14-15,20-22,24-28,30-34,36-39H2,2,4H3/b9-8+,11-10+,13-12+,18-17+,23-19+,29-16+,40-35+/t42-,43-,44+,45+,46-,47+,48-,49-,50+,51+,52-,53-,54-,55-,56-,57+,58+,59+,60-,61+,62+,63+,64-,65-,66-/m1/s1. The van der Waals surface area contributed by atoms with Crippen molar-refractivity contribution in [2.75, 3.05) is 6.61 Å². The highest BCUT2D eigenvalue weighted by molar-refractivity contribution is 5.13. The maximum Gasteiger partial charge on any atom is 0.115 e. The van der Waals surface area contributed by atoms with Gasteiger partial charge >= 0.3 is 0 Å². The molecule has 2 fully saturated rings. The van der Waals surface area contributed by atoms with E-state index in [1.165, 1.54) is 25.2 Å². The zero-order valence-electron chi connectivity index (χ0n) is 52.0. The van der Waals surface area contributed by atoms with Crippen molar-refractivity contribution in [3.63, 3.8) is 0 Å². The molecule has 0 aromatic carbocycles. The van der Waals surface area contributed by atoms with E-state index in [-0.39, 0.29) is 70.0 Å². The Labute approximate surface area is 525 Å². The van der Waals surface area contributed by atoms with E-state index in [2.05, 4.69) is 13.2 Å². The summed E-state index contributed by atoms with van der Waals surface area (Å²) in [5.41, 5.74) is 0.448. The summed E-state index contributed by atoms with van der Waals surface area (Å²) < 4.78 is 11.6. The number of allylic oxidation sites excluding steroid dienone is 9. The molecule has 0 amide bonds. The van der Waals surface area contributed by atoms with Crippen LogP contribution in [0.2, 0.25) is 0 Å². The van der Waals surface area contributed by atoms with E-state index in [0.717, 1.165) is 12.8 Å². The fourth-order valence-electron chi connectivity index (χ4n) is 10.6. The minimum Gasteiger partial charge on any atom is -0.394 e. The van der Waals surface area contributed by atoms with Gasteiger partial charge in [0, 0.05) is 25.2 Å². The van der Waals surface area contributed by atoms with Crippen LogP contribution >= 0.6 is 0 Å². The summed E-state index contributed by atoms with van der Waals surface area (Å²) >= 11 is 0. The van der Waals surface area contributed by atoms with E-state index in [4.69, 9.17) is 14.6 Å². The molecule has 0 unspecified atom stereocenters. The van der Waals surface area contributed by atoms with Gasteiger partial charge < -0.3 is 117 Å². The Bertz CT molecular complexity index is 2120. The molecule has 0 bridgehead atoms. The second-order valence-electron chi connectivity index (χ2n) is 24.2. The van der Waals surface area contributed by atoms with E-state index >= 15 is 0 Å². The topological polar surface area (TPSA) is 443 Å². The lowest BCUT2D eigenvalue weighted by Crippen LogP contribution is -2.59. The highest BCUT2D eigenvalue weighted by atomic mass is 16.6. The molecule has 0 aromatic heterocycles. The maximum atomic E-state index is 11.2. The molecule has 2 saturated heterocycles. The molecule has 0 saturated carbocycles. The first-order chi connectivity index (χ1) is 42.1. The van der Waals surface area contributed by atoms with Crippen molar-refractivity contribution in [1.29, 1.82) is 0 Å². The largest absolute Gasteiger partial charge is 0.394 e. The van der Waals surface area contributed by atoms with Crippen LogP contribution < -0.4 is 0 Å². The lowest BCUT2D eigenvalue weighted by atomic mass is 9.86. The van der Waals surface area contributed by atoms with E-state index in [0.29, 0.717) is 63.4 Å². The fraction of sp³-hybridized carbons (Fsp3) is 0.727. The molecule has 0 radical (unpaired) electrons. The van der Waals surface area contributed by atoms with Crippen molar-refractivity contribution in [2.24, 2.45) is 5.92 Å². The number of rotatable bonds is 46. The van der Waals surface area contributed by atoms with E-state index in [1.54, 1.807) is 31.2 Å². The monoisotopic (exact) mass is 1270 g/mol. The minimum atomic E-state index is -1.84. The zero-order chi connectivity index (χ0) is 66.8. The zero-order valence-corrected chi connectivity index (χ0v) is 52.0. The van der Waals surface area contributed by atoms with Gasteiger partial charge in [-0.15, -0.1) is 6.58 Å². The lowest BCUT2D eigenvalue weighted by molar-refractivity contribution is -0.234. The summed E-state index contributed by atoms with van der Waals surface area (Å²) in [7, 11) is 0. The van der Waals surface area contributed by atoms with Gasteiger partial charge in [0.15, 0.2) is 0 Å². The Hall–Kier alpha value is -3.26. The minimum absolute atomic E-state index is 0.000546. The van der Waals surface area contributed by atoms with Crippen molar-refractivity contribution in [3.8, 4) is 0 Å². The number of hydrogen-bond donors (Lipinski definition) is 21. The normalized spacial score (nSPS) is 27.5. The summed E-state index contributed by atoms with van der Waals surface area (Å²) in [4.78, 5) is 0. The highest BCUT2D eigenvalue weighted by Crippen LogP contribution is 2.32. The van der Waals surface area contributed by atoms with Crippen LogP contribution in [0.15, 0.2) is 109 Å². The van der Waals surface area contributed by atoms with E-state index in [9.17, 15) is 102 Å². The van der Waals surface area contributed by atoms with Crippen LogP contribution in [0.25, 0.3) is 0 Å². The molecule has 0 aromatic rings. The quantitative estimate of drug-likeness (QED) is 0.0220. The van der Waals surface area contributed by atoms with Crippen LogP contribution in [-0.4, -0.2) is 260 Å². The number of unbranched alkanes of at least 4 members (excludes halogenated alkanes) is 2. The van der Waals surface area contributed by atoms with Crippen LogP contribution in [-0.2, 0) is 9.47 Å². The van der Waals surface area contributed by atoms with E-state index in [1.807, 2.05) is 42.5 Å². The first-order valence-electron chi connectivity index (χ1n) is 31.6. The molecular weight excluding hydrogens is 1160 g/mol. The third-order valence-corrected chi connectivity index (χ3v) is 16.5. The summed E-state index contributed by atoms with van der Waals surface area (Å²) in [6.07, 6.45) is -4.74. The van der Waals surface area contributed by atoms with Gasteiger partial charge in [-0.05, 0) is 122 Å². The Balaban J connectivity index is 1.82. The average molecular weight is 1270 g/mol. The molecule has 514 valence electrons. The number of aliphatic hydroxyl groups excluding tert-OH is 21. The predicted octanol–water partition coefficient (Wildman–Crippen LogP) is 0.195. The molecule has 2 aliphatic heterocycles.